The van der Waals surface area contributed by atoms with Gasteiger partial charge in [-0.2, -0.15) is 0 Å². The molecule has 1 N–H and O–H groups in total. The van der Waals surface area contributed by atoms with Gasteiger partial charge in [0, 0.05) is 18.1 Å². The Kier molecular flexibility index (Phi) is 5.17. The van der Waals surface area contributed by atoms with E-state index in [9.17, 15) is 9.59 Å². The summed E-state index contributed by atoms with van der Waals surface area (Å²) in [7, 11) is 0. The van der Waals surface area contributed by atoms with E-state index in [2.05, 4.69) is 20.3 Å². The maximum absolute atomic E-state index is 12.6. The van der Waals surface area contributed by atoms with Crippen LogP contribution in [0.5, 0.6) is 0 Å². The molecule has 2 heterocycles. The maximum Gasteiger partial charge on any atom is 0.341 e. The van der Waals surface area contributed by atoms with Gasteiger partial charge in [-0.05, 0) is 37.6 Å². The van der Waals surface area contributed by atoms with Gasteiger partial charge in [-0.25, -0.2) is 9.78 Å². The molecule has 132 valence electrons. The minimum absolute atomic E-state index is 0.274. The molecule has 2 aromatic heterocycles. The Labute approximate surface area is 150 Å². The first-order valence-electron chi connectivity index (χ1n) is 8.23. The van der Waals surface area contributed by atoms with E-state index in [1.165, 1.54) is 6.20 Å². The van der Waals surface area contributed by atoms with Crippen molar-refractivity contribution in [1.29, 1.82) is 0 Å². The normalized spacial score (nSPS) is 11.8. The Morgan fingerprint density at radius 1 is 1.12 bits per heavy atom. The Balaban J connectivity index is 1.76. The summed E-state index contributed by atoms with van der Waals surface area (Å²) >= 11 is 0. The number of rotatable bonds is 5. The number of benzene rings is 1. The van der Waals surface area contributed by atoms with E-state index in [-0.39, 0.29) is 5.56 Å². The van der Waals surface area contributed by atoms with E-state index in [0.29, 0.717) is 23.3 Å². The van der Waals surface area contributed by atoms with Crippen LogP contribution < -0.4 is 5.32 Å². The molecular weight excluding hydrogens is 332 g/mol. The topological polar surface area (TPSA) is 94.1 Å². The fraction of sp³-hybridized carbons (Fsp3) is 0.211. The monoisotopic (exact) mass is 350 g/mol. The highest BCUT2D eigenvalue weighted by atomic mass is 16.5. The van der Waals surface area contributed by atoms with Gasteiger partial charge in [0.25, 0.3) is 5.91 Å². The first kappa shape index (κ1) is 17.5. The molecule has 0 fully saturated rings. The summed E-state index contributed by atoms with van der Waals surface area (Å²) in [6.45, 7) is 3.60. The van der Waals surface area contributed by atoms with Crippen molar-refractivity contribution in [2.45, 2.75) is 26.4 Å². The molecule has 1 amide bonds. The van der Waals surface area contributed by atoms with Crippen LogP contribution in [0.3, 0.4) is 0 Å². The van der Waals surface area contributed by atoms with E-state index in [0.717, 1.165) is 5.69 Å². The number of amides is 1. The predicted molar refractivity (Wildman–Crippen MR) is 96.6 cm³/mol. The zero-order valence-electron chi connectivity index (χ0n) is 14.5. The number of aryl methyl sites for hydroxylation is 1. The van der Waals surface area contributed by atoms with Crippen LogP contribution in [0.1, 0.15) is 29.4 Å². The summed E-state index contributed by atoms with van der Waals surface area (Å²) < 4.78 is 5.41. The van der Waals surface area contributed by atoms with Crippen molar-refractivity contribution in [2.24, 2.45) is 0 Å². The second-order valence-corrected chi connectivity index (χ2v) is 5.69. The van der Waals surface area contributed by atoms with Crippen LogP contribution >= 0.6 is 0 Å². The largest absolute Gasteiger partial charge is 0.449 e. The van der Waals surface area contributed by atoms with Crippen molar-refractivity contribution < 1.29 is 14.3 Å². The summed E-state index contributed by atoms with van der Waals surface area (Å²) in [4.78, 5) is 37.5. The van der Waals surface area contributed by atoms with Crippen molar-refractivity contribution in [3.05, 3.63) is 60.0 Å². The van der Waals surface area contributed by atoms with E-state index in [1.807, 2.05) is 13.0 Å². The lowest BCUT2D eigenvalue weighted by Crippen LogP contribution is -2.32. The Morgan fingerprint density at radius 3 is 2.65 bits per heavy atom. The summed E-state index contributed by atoms with van der Waals surface area (Å²) in [6, 6.07) is 10.4. The van der Waals surface area contributed by atoms with Gasteiger partial charge in [0.1, 0.15) is 11.3 Å². The quantitative estimate of drug-likeness (QED) is 0.711. The van der Waals surface area contributed by atoms with Crippen LogP contribution in [-0.2, 0) is 9.53 Å². The van der Waals surface area contributed by atoms with Gasteiger partial charge in [-0.15, -0.1) is 0 Å². The molecule has 3 rings (SSSR count). The molecule has 7 heteroatoms. The minimum Gasteiger partial charge on any atom is -0.449 e. The summed E-state index contributed by atoms with van der Waals surface area (Å²) in [5, 5.41) is 2.67. The molecule has 0 aliphatic carbocycles. The number of aromatic nitrogens is 3. The molecule has 7 nitrogen and oxygen atoms in total. The molecule has 26 heavy (non-hydrogen) atoms. The molecule has 0 saturated carbocycles. The molecule has 3 aromatic rings. The Hall–Kier alpha value is -3.35. The lowest BCUT2D eigenvalue weighted by atomic mass is 10.1. The highest BCUT2D eigenvalue weighted by Gasteiger charge is 2.23. The van der Waals surface area contributed by atoms with Crippen molar-refractivity contribution >= 4 is 28.7 Å². The molecule has 0 aliphatic rings. The number of pyridine rings is 1. The smallest absolute Gasteiger partial charge is 0.341 e. The Morgan fingerprint density at radius 2 is 1.88 bits per heavy atom. The molecular formula is C19H18N4O3. The van der Waals surface area contributed by atoms with Gasteiger partial charge in [0.15, 0.2) is 6.10 Å². The van der Waals surface area contributed by atoms with Crippen LogP contribution in [0.2, 0.25) is 0 Å². The van der Waals surface area contributed by atoms with Crippen LogP contribution in [0, 0.1) is 6.92 Å². The molecule has 0 aliphatic heterocycles. The fourth-order valence-corrected chi connectivity index (χ4v) is 2.49. The fourth-order valence-electron chi connectivity index (χ4n) is 2.49. The van der Waals surface area contributed by atoms with E-state index in [4.69, 9.17) is 4.74 Å². The third-order valence-electron chi connectivity index (χ3n) is 3.77. The number of para-hydroxylation sites is 1. The van der Waals surface area contributed by atoms with Gasteiger partial charge in [-0.3, -0.25) is 14.8 Å². The predicted octanol–water partition coefficient (Wildman–Crippen LogP) is 2.91. The number of carbonyl (C=O) groups is 2. The molecule has 1 unspecified atom stereocenters. The molecule has 0 saturated heterocycles. The van der Waals surface area contributed by atoms with Crippen LogP contribution in [-0.4, -0.2) is 32.9 Å². The van der Waals surface area contributed by atoms with Gasteiger partial charge in [-0.1, -0.05) is 19.1 Å². The number of hydrogen-bond donors (Lipinski definition) is 1. The van der Waals surface area contributed by atoms with Crippen LogP contribution in [0.15, 0.2) is 48.8 Å². The highest BCUT2D eigenvalue weighted by molar-refractivity contribution is 6.03. The highest BCUT2D eigenvalue weighted by Crippen LogP contribution is 2.17. The zero-order valence-corrected chi connectivity index (χ0v) is 14.5. The molecule has 1 aromatic carbocycles. The van der Waals surface area contributed by atoms with Gasteiger partial charge in [0.05, 0.1) is 11.1 Å². The molecule has 0 spiro atoms. The Bertz CT molecular complexity index is 953. The standard InChI is InChI=1S/C19H18N4O3/c1-3-15(18(24)23-16-9-4-6-12(2)22-16)26-19(25)13-7-5-8-14-17(13)21-11-10-20-14/h4-11,15H,3H2,1-2H3,(H,22,23,24). The third kappa shape index (κ3) is 3.83. The van der Waals surface area contributed by atoms with Crippen LogP contribution in [0.4, 0.5) is 5.82 Å². The minimum atomic E-state index is -0.934. The van der Waals surface area contributed by atoms with Crippen LogP contribution in [0.25, 0.3) is 11.0 Å². The number of fused-ring (bicyclic) bond motifs is 1. The van der Waals surface area contributed by atoms with E-state index < -0.39 is 18.0 Å². The molecule has 0 bridgehead atoms. The summed E-state index contributed by atoms with van der Waals surface area (Å²) in [5.74, 6) is -0.624. The number of nitrogens with zero attached hydrogens (tertiary/aromatic N) is 3. The number of ether oxygens (including phenoxy) is 1. The second kappa shape index (κ2) is 7.69. The van der Waals surface area contributed by atoms with Gasteiger partial charge in [0.2, 0.25) is 0 Å². The summed E-state index contributed by atoms with van der Waals surface area (Å²) in [6.07, 6.45) is 2.46. The first-order chi connectivity index (χ1) is 12.6. The number of anilines is 1. The SMILES string of the molecule is CCC(OC(=O)c1cccc2nccnc12)C(=O)Nc1cccc(C)n1. The number of hydrogen-bond acceptors (Lipinski definition) is 6. The number of carbonyl (C=O) groups excluding carboxylic acids is 2. The average Bonchev–Trinajstić information content (AvgIpc) is 2.65. The van der Waals surface area contributed by atoms with Crippen molar-refractivity contribution in [2.75, 3.05) is 5.32 Å². The van der Waals surface area contributed by atoms with Crippen molar-refractivity contribution in [3.63, 3.8) is 0 Å². The van der Waals surface area contributed by atoms with E-state index in [1.54, 1.807) is 43.5 Å². The van der Waals surface area contributed by atoms with Crippen molar-refractivity contribution in [1.82, 2.24) is 15.0 Å². The number of esters is 1. The van der Waals surface area contributed by atoms with Gasteiger partial charge >= 0.3 is 5.97 Å². The zero-order chi connectivity index (χ0) is 18.5. The van der Waals surface area contributed by atoms with Gasteiger partial charge < -0.3 is 10.1 Å². The molecule has 0 radical (unpaired) electrons. The average molecular weight is 350 g/mol. The first-order valence-corrected chi connectivity index (χ1v) is 8.23. The maximum atomic E-state index is 12.6. The number of nitrogens with one attached hydrogen (secondary N) is 1. The van der Waals surface area contributed by atoms with E-state index >= 15 is 0 Å². The summed E-state index contributed by atoms with van der Waals surface area (Å²) in [5.41, 5.74) is 2.08. The lowest BCUT2D eigenvalue weighted by Gasteiger charge is -2.16. The lowest BCUT2D eigenvalue weighted by molar-refractivity contribution is -0.124. The molecule has 1 atom stereocenters. The third-order valence-corrected chi connectivity index (χ3v) is 3.77. The second-order valence-electron chi connectivity index (χ2n) is 5.69. The van der Waals surface area contributed by atoms with Crippen molar-refractivity contribution in [3.8, 4) is 0 Å².